The lowest BCUT2D eigenvalue weighted by atomic mass is 10.1. The van der Waals surface area contributed by atoms with Crippen molar-refractivity contribution in [2.75, 3.05) is 39.8 Å². The van der Waals surface area contributed by atoms with E-state index in [9.17, 15) is 0 Å². The van der Waals surface area contributed by atoms with Gasteiger partial charge < -0.3 is 10.2 Å². The van der Waals surface area contributed by atoms with Crippen LogP contribution in [0.5, 0.6) is 0 Å². The van der Waals surface area contributed by atoms with Crippen LogP contribution in [0.2, 0.25) is 0 Å². The van der Waals surface area contributed by atoms with Crippen molar-refractivity contribution in [1.29, 1.82) is 0 Å². The van der Waals surface area contributed by atoms with Gasteiger partial charge in [0.05, 0.1) is 0 Å². The molecule has 3 nitrogen and oxygen atoms in total. The third-order valence-electron chi connectivity index (χ3n) is 4.25. The Kier molecular flexibility index (Phi) is 5.26. The Hall–Kier alpha value is -0.120. The summed E-state index contributed by atoms with van der Waals surface area (Å²) in [5.74, 6) is 0. The highest BCUT2D eigenvalue weighted by molar-refractivity contribution is 4.84. The Morgan fingerprint density at radius 3 is 2.71 bits per heavy atom. The summed E-state index contributed by atoms with van der Waals surface area (Å²) in [6, 6.07) is 1.68. The normalized spacial score (nSPS) is 27.4. The van der Waals surface area contributed by atoms with Crippen LogP contribution in [0.15, 0.2) is 0 Å². The molecule has 0 aromatic heterocycles. The Morgan fingerprint density at radius 2 is 2.00 bits per heavy atom. The van der Waals surface area contributed by atoms with Gasteiger partial charge in [0.1, 0.15) is 0 Å². The molecule has 1 aliphatic heterocycles. The number of likely N-dealkylation sites (N-methyl/N-ethyl adjacent to an activating group) is 1. The van der Waals surface area contributed by atoms with Crippen molar-refractivity contribution in [2.24, 2.45) is 0 Å². The lowest BCUT2D eigenvalue weighted by Crippen LogP contribution is -2.38. The first-order chi connectivity index (χ1) is 8.29. The van der Waals surface area contributed by atoms with E-state index in [4.69, 9.17) is 0 Å². The molecule has 3 heteroatoms. The van der Waals surface area contributed by atoms with Gasteiger partial charge in [-0.3, -0.25) is 4.90 Å². The van der Waals surface area contributed by atoms with Crippen molar-refractivity contribution in [1.82, 2.24) is 15.1 Å². The zero-order chi connectivity index (χ0) is 12.1. The van der Waals surface area contributed by atoms with Crippen molar-refractivity contribution >= 4 is 0 Å². The highest BCUT2D eigenvalue weighted by atomic mass is 15.2. The van der Waals surface area contributed by atoms with E-state index < -0.39 is 0 Å². The number of hydrogen-bond acceptors (Lipinski definition) is 3. The van der Waals surface area contributed by atoms with E-state index in [-0.39, 0.29) is 0 Å². The monoisotopic (exact) mass is 239 g/mol. The molecule has 0 spiro atoms. The molecule has 1 N–H and O–H groups in total. The minimum absolute atomic E-state index is 0.762. The van der Waals surface area contributed by atoms with E-state index >= 15 is 0 Å². The molecule has 0 aromatic rings. The Bertz CT molecular complexity index is 216. The summed E-state index contributed by atoms with van der Waals surface area (Å²) >= 11 is 0. The summed E-state index contributed by atoms with van der Waals surface area (Å²) in [4.78, 5) is 5.10. The van der Waals surface area contributed by atoms with Gasteiger partial charge in [0.15, 0.2) is 0 Å². The van der Waals surface area contributed by atoms with E-state index in [0.717, 1.165) is 12.1 Å². The molecule has 1 heterocycles. The van der Waals surface area contributed by atoms with Gasteiger partial charge in [0, 0.05) is 25.2 Å². The highest BCUT2D eigenvalue weighted by Gasteiger charge is 2.27. The lowest BCUT2D eigenvalue weighted by Gasteiger charge is -2.22. The summed E-state index contributed by atoms with van der Waals surface area (Å²) in [7, 11) is 2.24. The summed E-state index contributed by atoms with van der Waals surface area (Å²) in [6.45, 7) is 8.48. The van der Waals surface area contributed by atoms with Gasteiger partial charge in [0.2, 0.25) is 0 Å². The van der Waals surface area contributed by atoms with Crippen LogP contribution in [-0.2, 0) is 0 Å². The fourth-order valence-electron chi connectivity index (χ4n) is 2.89. The number of nitrogens with one attached hydrogen (secondary N) is 1. The molecule has 1 atom stereocenters. The van der Waals surface area contributed by atoms with E-state index in [2.05, 4.69) is 29.1 Å². The molecule has 1 saturated heterocycles. The van der Waals surface area contributed by atoms with Crippen molar-refractivity contribution in [3.8, 4) is 0 Å². The van der Waals surface area contributed by atoms with Crippen molar-refractivity contribution in [3.05, 3.63) is 0 Å². The molecule has 2 aliphatic rings. The Labute approximate surface area is 107 Å². The fraction of sp³-hybridized carbons (Fsp3) is 1.00. The molecular weight excluding hydrogens is 210 g/mol. The molecular formula is C14H29N3. The van der Waals surface area contributed by atoms with Crippen LogP contribution in [0.25, 0.3) is 0 Å². The molecule has 100 valence electrons. The van der Waals surface area contributed by atoms with Crippen LogP contribution in [0, 0.1) is 0 Å². The average molecular weight is 239 g/mol. The second kappa shape index (κ2) is 6.72. The van der Waals surface area contributed by atoms with Crippen molar-refractivity contribution in [3.63, 3.8) is 0 Å². The van der Waals surface area contributed by atoms with Crippen LogP contribution in [-0.4, -0.2) is 61.7 Å². The van der Waals surface area contributed by atoms with E-state index in [1.807, 2.05) is 0 Å². The maximum Gasteiger partial charge on any atom is 0.0110 e. The molecule has 0 aromatic carbocycles. The standard InChI is InChI=1S/C14H29N3/c1-3-17(14-6-7-14)12-9-15-13-5-4-10-16(2)11-8-13/h13-15H,3-12H2,1-2H3. The predicted molar refractivity (Wildman–Crippen MR) is 73.4 cm³/mol. The van der Waals surface area contributed by atoms with Gasteiger partial charge in [-0.2, -0.15) is 0 Å². The van der Waals surface area contributed by atoms with Crippen LogP contribution >= 0.6 is 0 Å². The van der Waals surface area contributed by atoms with Crippen LogP contribution < -0.4 is 5.32 Å². The molecule has 17 heavy (non-hydrogen) atoms. The summed E-state index contributed by atoms with van der Waals surface area (Å²) < 4.78 is 0. The Balaban J connectivity index is 1.60. The minimum Gasteiger partial charge on any atom is -0.313 e. The van der Waals surface area contributed by atoms with Gasteiger partial charge in [-0.1, -0.05) is 6.92 Å². The molecule has 0 bridgehead atoms. The zero-order valence-corrected chi connectivity index (χ0v) is 11.6. The second-order valence-electron chi connectivity index (χ2n) is 5.74. The van der Waals surface area contributed by atoms with Crippen LogP contribution in [0.1, 0.15) is 39.0 Å². The second-order valence-corrected chi connectivity index (χ2v) is 5.74. The van der Waals surface area contributed by atoms with Crippen LogP contribution in [0.3, 0.4) is 0 Å². The summed E-state index contributed by atoms with van der Waals surface area (Å²) in [6.07, 6.45) is 6.91. The maximum absolute atomic E-state index is 3.76. The SMILES string of the molecule is CCN(CCNC1CCCN(C)CC1)C1CC1. The molecule has 0 amide bonds. The van der Waals surface area contributed by atoms with Gasteiger partial charge >= 0.3 is 0 Å². The molecule has 1 saturated carbocycles. The number of rotatable bonds is 6. The molecule has 1 unspecified atom stereocenters. The van der Waals surface area contributed by atoms with E-state index in [1.54, 1.807) is 0 Å². The number of nitrogens with zero attached hydrogens (tertiary/aromatic N) is 2. The molecule has 2 fully saturated rings. The fourth-order valence-corrected chi connectivity index (χ4v) is 2.89. The van der Waals surface area contributed by atoms with Crippen molar-refractivity contribution < 1.29 is 0 Å². The topological polar surface area (TPSA) is 18.5 Å². The molecule has 1 aliphatic carbocycles. The van der Waals surface area contributed by atoms with Crippen LogP contribution in [0.4, 0.5) is 0 Å². The lowest BCUT2D eigenvalue weighted by molar-refractivity contribution is 0.269. The predicted octanol–water partition coefficient (Wildman–Crippen LogP) is 1.54. The first-order valence-corrected chi connectivity index (χ1v) is 7.45. The largest absolute Gasteiger partial charge is 0.313 e. The highest BCUT2D eigenvalue weighted by Crippen LogP contribution is 2.25. The van der Waals surface area contributed by atoms with Gasteiger partial charge in [-0.25, -0.2) is 0 Å². The first-order valence-electron chi connectivity index (χ1n) is 7.45. The molecule has 2 rings (SSSR count). The average Bonchev–Trinajstić information content (AvgIpc) is 3.14. The maximum atomic E-state index is 3.76. The van der Waals surface area contributed by atoms with Gasteiger partial charge in [-0.05, 0) is 58.8 Å². The summed E-state index contributed by atoms with van der Waals surface area (Å²) in [5.41, 5.74) is 0. The zero-order valence-electron chi connectivity index (χ0n) is 11.6. The third kappa shape index (κ3) is 4.57. The third-order valence-corrected chi connectivity index (χ3v) is 4.25. The minimum atomic E-state index is 0.762. The van der Waals surface area contributed by atoms with Crippen molar-refractivity contribution in [2.45, 2.75) is 51.1 Å². The van der Waals surface area contributed by atoms with Gasteiger partial charge in [0.25, 0.3) is 0 Å². The summed E-state index contributed by atoms with van der Waals surface area (Å²) in [5, 5.41) is 3.76. The smallest absolute Gasteiger partial charge is 0.0110 e. The number of likely N-dealkylation sites (tertiary alicyclic amines) is 1. The number of hydrogen-bond donors (Lipinski definition) is 1. The van der Waals surface area contributed by atoms with E-state index in [1.165, 1.54) is 64.8 Å². The Morgan fingerprint density at radius 1 is 1.18 bits per heavy atom. The molecule has 0 radical (unpaired) electrons. The van der Waals surface area contributed by atoms with E-state index in [0.29, 0.717) is 0 Å². The van der Waals surface area contributed by atoms with Gasteiger partial charge in [-0.15, -0.1) is 0 Å². The first kappa shape index (κ1) is 13.3. The quantitative estimate of drug-likeness (QED) is 0.758.